The Balaban J connectivity index is 2.33. The zero-order chi connectivity index (χ0) is 13.4. The van der Waals surface area contributed by atoms with Crippen LogP contribution >= 0.6 is 11.6 Å². The average molecular weight is 273 g/mol. The van der Waals surface area contributed by atoms with Crippen molar-refractivity contribution in [2.45, 2.75) is 26.3 Å². The smallest absolute Gasteiger partial charge is 0.316 e. The maximum Gasteiger partial charge on any atom is 0.433 e. The van der Waals surface area contributed by atoms with Crippen molar-refractivity contribution in [3.8, 4) is 0 Å². The van der Waals surface area contributed by atoms with Gasteiger partial charge in [-0.3, -0.25) is 4.84 Å². The minimum absolute atomic E-state index is 0.236. The molecule has 0 aliphatic heterocycles. The summed E-state index contributed by atoms with van der Waals surface area (Å²) < 4.78 is 12.6. The van der Waals surface area contributed by atoms with Gasteiger partial charge < -0.3 is 5.32 Å². The SMILES string of the molecule is CCC/C(Cl)=N/OC(=O)NCc1ccc(F)cc1. The molecule has 1 N–H and O–H groups in total. The molecule has 0 atom stereocenters. The van der Waals surface area contributed by atoms with Gasteiger partial charge in [-0.1, -0.05) is 35.8 Å². The van der Waals surface area contributed by atoms with Crippen molar-refractivity contribution < 1.29 is 14.0 Å². The van der Waals surface area contributed by atoms with Crippen molar-refractivity contribution in [1.29, 1.82) is 0 Å². The number of carbonyl (C=O) groups excluding carboxylic acids is 1. The van der Waals surface area contributed by atoms with Crippen molar-refractivity contribution in [2.24, 2.45) is 5.16 Å². The number of hydrogen-bond donors (Lipinski definition) is 1. The van der Waals surface area contributed by atoms with Crippen LogP contribution < -0.4 is 5.32 Å². The molecule has 0 saturated carbocycles. The first kappa shape index (κ1) is 14.4. The van der Waals surface area contributed by atoms with Crippen molar-refractivity contribution in [3.05, 3.63) is 35.6 Å². The molecule has 1 aromatic carbocycles. The van der Waals surface area contributed by atoms with Gasteiger partial charge >= 0.3 is 6.09 Å². The van der Waals surface area contributed by atoms with Gasteiger partial charge in [0.05, 0.1) is 0 Å². The Morgan fingerprint density at radius 3 is 2.72 bits per heavy atom. The molecular formula is C12H14ClFN2O2. The zero-order valence-electron chi connectivity index (χ0n) is 9.95. The molecule has 1 aromatic rings. The lowest BCUT2D eigenvalue weighted by atomic mass is 10.2. The van der Waals surface area contributed by atoms with Gasteiger partial charge in [0.1, 0.15) is 11.0 Å². The van der Waals surface area contributed by atoms with Crippen LogP contribution in [0.2, 0.25) is 0 Å². The van der Waals surface area contributed by atoms with Gasteiger partial charge in [-0.05, 0) is 24.1 Å². The van der Waals surface area contributed by atoms with E-state index in [1.165, 1.54) is 12.1 Å². The maximum atomic E-state index is 12.6. The van der Waals surface area contributed by atoms with Crippen LogP contribution in [0, 0.1) is 5.82 Å². The van der Waals surface area contributed by atoms with E-state index in [2.05, 4.69) is 15.3 Å². The second-order valence-corrected chi connectivity index (χ2v) is 4.01. The van der Waals surface area contributed by atoms with Crippen LogP contribution in [0.3, 0.4) is 0 Å². The fourth-order valence-electron chi connectivity index (χ4n) is 1.15. The van der Waals surface area contributed by atoms with Gasteiger partial charge in [0.2, 0.25) is 0 Å². The number of hydrogen-bond acceptors (Lipinski definition) is 3. The number of nitrogens with zero attached hydrogens (tertiary/aromatic N) is 1. The third kappa shape index (κ3) is 5.63. The zero-order valence-corrected chi connectivity index (χ0v) is 10.7. The number of oxime groups is 1. The predicted octanol–water partition coefficient (Wildman–Crippen LogP) is 3.40. The van der Waals surface area contributed by atoms with Gasteiger partial charge in [-0.15, -0.1) is 0 Å². The molecule has 18 heavy (non-hydrogen) atoms. The molecule has 0 unspecified atom stereocenters. The first-order valence-electron chi connectivity index (χ1n) is 5.53. The molecule has 98 valence electrons. The summed E-state index contributed by atoms with van der Waals surface area (Å²) in [4.78, 5) is 15.8. The van der Waals surface area contributed by atoms with Crippen LogP contribution in [0.5, 0.6) is 0 Å². The molecule has 0 aliphatic carbocycles. The highest BCUT2D eigenvalue weighted by atomic mass is 35.5. The van der Waals surface area contributed by atoms with E-state index in [4.69, 9.17) is 11.6 Å². The third-order valence-corrected chi connectivity index (χ3v) is 2.29. The van der Waals surface area contributed by atoms with Crippen molar-refractivity contribution in [3.63, 3.8) is 0 Å². The van der Waals surface area contributed by atoms with Crippen LogP contribution in [-0.2, 0) is 11.4 Å². The van der Waals surface area contributed by atoms with E-state index < -0.39 is 6.09 Å². The second-order valence-electron chi connectivity index (χ2n) is 3.58. The van der Waals surface area contributed by atoms with E-state index in [1.807, 2.05) is 6.92 Å². The molecule has 0 bridgehead atoms. The standard InChI is InChI=1S/C12H14ClFN2O2/c1-2-3-11(13)16-18-12(17)15-8-9-4-6-10(14)7-5-9/h4-7H,2-3,8H2,1H3,(H,15,17)/b16-11-. The van der Waals surface area contributed by atoms with Gasteiger partial charge in [-0.25, -0.2) is 9.18 Å². The summed E-state index contributed by atoms with van der Waals surface area (Å²) in [5.41, 5.74) is 0.761. The topological polar surface area (TPSA) is 50.7 Å². The summed E-state index contributed by atoms with van der Waals surface area (Å²) >= 11 is 5.66. The molecule has 0 fully saturated rings. The van der Waals surface area contributed by atoms with Crippen molar-refractivity contribution in [2.75, 3.05) is 0 Å². The largest absolute Gasteiger partial charge is 0.433 e. The van der Waals surface area contributed by atoms with Crippen molar-refractivity contribution in [1.82, 2.24) is 5.32 Å². The molecular weight excluding hydrogens is 259 g/mol. The molecule has 1 amide bonds. The van der Waals surface area contributed by atoms with Crippen LogP contribution in [-0.4, -0.2) is 11.3 Å². The lowest BCUT2D eigenvalue weighted by Gasteiger charge is -2.03. The van der Waals surface area contributed by atoms with Crippen LogP contribution in [0.25, 0.3) is 0 Å². The Labute approximate surface area is 110 Å². The van der Waals surface area contributed by atoms with Gasteiger partial charge in [0.15, 0.2) is 0 Å². The fourth-order valence-corrected chi connectivity index (χ4v) is 1.38. The average Bonchev–Trinajstić information content (AvgIpc) is 2.36. The molecule has 0 radical (unpaired) electrons. The molecule has 1 rings (SSSR count). The highest BCUT2D eigenvalue weighted by Crippen LogP contribution is 2.02. The quantitative estimate of drug-likeness (QED) is 0.507. The summed E-state index contributed by atoms with van der Waals surface area (Å²) in [6.45, 7) is 2.17. The molecule has 0 aromatic heterocycles. The summed E-state index contributed by atoms with van der Waals surface area (Å²) in [7, 11) is 0. The fraction of sp³-hybridized carbons (Fsp3) is 0.333. The molecule has 0 saturated heterocycles. The van der Waals surface area contributed by atoms with E-state index >= 15 is 0 Å². The number of carbonyl (C=O) groups is 1. The number of amides is 1. The number of halogens is 2. The Hall–Kier alpha value is -1.62. The molecule has 0 heterocycles. The van der Waals surface area contributed by atoms with Crippen LogP contribution in [0.4, 0.5) is 9.18 Å². The molecule has 0 aliphatic rings. The van der Waals surface area contributed by atoms with E-state index in [0.717, 1.165) is 12.0 Å². The van der Waals surface area contributed by atoms with Crippen LogP contribution in [0.15, 0.2) is 29.4 Å². The first-order valence-corrected chi connectivity index (χ1v) is 5.91. The molecule has 0 spiro atoms. The number of benzene rings is 1. The van der Waals surface area contributed by atoms with E-state index in [-0.39, 0.29) is 17.5 Å². The summed E-state index contributed by atoms with van der Waals surface area (Å²) in [5, 5.41) is 6.16. The van der Waals surface area contributed by atoms with E-state index in [0.29, 0.717) is 6.42 Å². The Morgan fingerprint density at radius 2 is 2.11 bits per heavy atom. The van der Waals surface area contributed by atoms with E-state index in [1.54, 1.807) is 12.1 Å². The number of rotatable bonds is 5. The lowest BCUT2D eigenvalue weighted by Crippen LogP contribution is -2.22. The second kappa shape index (κ2) is 7.66. The predicted molar refractivity (Wildman–Crippen MR) is 67.9 cm³/mol. The summed E-state index contributed by atoms with van der Waals surface area (Å²) in [6, 6.07) is 5.78. The minimum atomic E-state index is -0.700. The lowest BCUT2D eigenvalue weighted by molar-refractivity contribution is 0.150. The van der Waals surface area contributed by atoms with Gasteiger partial charge in [0.25, 0.3) is 0 Å². The Kier molecular flexibility index (Phi) is 6.14. The van der Waals surface area contributed by atoms with Crippen LogP contribution in [0.1, 0.15) is 25.3 Å². The van der Waals surface area contributed by atoms with E-state index in [9.17, 15) is 9.18 Å². The normalized spacial score (nSPS) is 11.2. The van der Waals surface area contributed by atoms with Crippen molar-refractivity contribution >= 4 is 22.9 Å². The van der Waals surface area contributed by atoms with Gasteiger partial charge in [-0.2, -0.15) is 0 Å². The highest BCUT2D eigenvalue weighted by Gasteiger charge is 2.02. The monoisotopic (exact) mass is 272 g/mol. The highest BCUT2D eigenvalue weighted by molar-refractivity contribution is 6.65. The molecule has 6 heteroatoms. The third-order valence-electron chi connectivity index (χ3n) is 2.03. The molecule has 4 nitrogen and oxygen atoms in total. The summed E-state index contributed by atoms with van der Waals surface area (Å²) in [5.74, 6) is -0.322. The Bertz CT molecular complexity index is 421. The first-order chi connectivity index (χ1) is 8.61. The maximum absolute atomic E-state index is 12.6. The number of nitrogens with one attached hydrogen (secondary N) is 1. The van der Waals surface area contributed by atoms with Gasteiger partial charge in [0, 0.05) is 13.0 Å². The Morgan fingerprint density at radius 1 is 1.44 bits per heavy atom. The summed E-state index contributed by atoms with van der Waals surface area (Å²) in [6.07, 6.45) is 0.684. The minimum Gasteiger partial charge on any atom is -0.316 e.